The molecule has 27 nitrogen and oxygen atoms in total. The van der Waals surface area contributed by atoms with E-state index in [1.54, 1.807) is 18.8 Å². The average molecular weight is 2450 g/mol. The Morgan fingerprint density at radius 2 is 0.662 bits per heavy atom. The van der Waals surface area contributed by atoms with Gasteiger partial charge < -0.3 is 68.2 Å². The van der Waals surface area contributed by atoms with E-state index in [0.717, 1.165) is 263 Å². The van der Waals surface area contributed by atoms with E-state index < -0.39 is 92.3 Å². The summed E-state index contributed by atoms with van der Waals surface area (Å²) in [5.74, 6) is 3.11. The first-order valence-electron chi connectivity index (χ1n) is 55.4. The summed E-state index contributed by atoms with van der Waals surface area (Å²) < 4.78 is 77.6. The van der Waals surface area contributed by atoms with Crippen LogP contribution in [0.3, 0.4) is 0 Å². The van der Waals surface area contributed by atoms with Crippen LogP contribution < -0.4 is 0 Å². The molecule has 20 bridgehead atoms. The topological polar surface area (TPSA) is 420 Å². The Morgan fingerprint density at radius 3 is 0.903 bits per heavy atom. The van der Waals surface area contributed by atoms with Crippen molar-refractivity contribution in [3.63, 3.8) is 0 Å². The van der Waals surface area contributed by atoms with Crippen LogP contribution in [-0.2, 0) is 96.2 Å². The third-order valence-electron chi connectivity index (χ3n) is 35.9. The van der Waals surface area contributed by atoms with Gasteiger partial charge in [0, 0.05) is 78.3 Å². The molecule has 1 unspecified atom stereocenters. The number of carbonyl (C=O) groups is 10. The van der Waals surface area contributed by atoms with Crippen LogP contribution >= 0.6 is 92.0 Å². The Hall–Kier alpha value is -2.87. The van der Waals surface area contributed by atoms with Crippen LogP contribution in [0.1, 0.15) is 362 Å². The summed E-state index contributed by atoms with van der Waals surface area (Å²) in [5.41, 5.74) is 3.31. The second-order valence-electron chi connectivity index (χ2n) is 48.3. The Morgan fingerprint density at radius 1 is 0.393 bits per heavy atom. The summed E-state index contributed by atoms with van der Waals surface area (Å²) in [6.07, 6.45) is 59.2. The van der Waals surface area contributed by atoms with E-state index in [-0.39, 0.29) is 59.5 Å². The molecular formula is C111H174Br6O27S. The van der Waals surface area contributed by atoms with Crippen LogP contribution in [0.15, 0.2) is 22.3 Å². The van der Waals surface area contributed by atoms with Gasteiger partial charge in [-0.05, 0) is 414 Å². The van der Waals surface area contributed by atoms with Gasteiger partial charge in [0.1, 0.15) is 39.8 Å². The molecule has 20 fully saturated rings. The third-order valence-corrected chi connectivity index (χ3v) is 39.0. The average Bonchev–Trinajstić information content (AvgIpc) is 1.52. The van der Waals surface area contributed by atoms with Gasteiger partial charge in [-0.15, -0.1) is 0 Å². The lowest BCUT2D eigenvalue weighted by Gasteiger charge is -2.56. The predicted molar refractivity (Wildman–Crippen MR) is 575 cm³/mol. The number of rotatable bonds is 57. The van der Waals surface area contributed by atoms with Crippen molar-refractivity contribution in [1.82, 2.24) is 0 Å². The fraction of sp³-hybridized carbons (Fsp3) is 0.874. The van der Waals surface area contributed by atoms with E-state index in [1.807, 2.05) is 0 Å². The SMILES string of the molecule is BrBr.CC(=O)C[C@H](CCCCCOCC12CC3CC(CC(C3)C1)C2)C(=O)O.CC(=O)[C@H](C(=O)O)[C@H](CCCCCOCC12CC3CC(CC(C3)C1)C2)C(=O)O.CCOC(=O)[C@@H](C(C)=O)[C@@H](CCCCCOCC12CC3CC(CC(C3)C1)C2)C(=O)OCC.O=C(O)[C@@H](CCCCCOCC12CC3CC(CC(C3)C1)C2)[C@@H](Br)C(=O)CBr.O=S(=O)(O)O.OC1=C(CCCCCOCC23CC4CC(CC(C4)C2)C3)C(Br)C(=CBr)O1. The number of hydrogen-bond acceptors (Lipinski definition) is 21. The number of allylic oxidation sites excluding steroid dienone is 1. The largest absolute Gasteiger partial charge is 0.481 e. The molecule has 34 heteroatoms. The van der Waals surface area contributed by atoms with Crippen molar-refractivity contribution < 1.29 is 129 Å². The van der Waals surface area contributed by atoms with E-state index in [4.69, 9.17) is 65.6 Å². The van der Waals surface area contributed by atoms with Gasteiger partial charge in [-0.3, -0.25) is 52.3 Å². The first-order chi connectivity index (χ1) is 69.1. The predicted octanol–water partition coefficient (Wildman–Crippen LogP) is 25.8. The molecule has 1 heterocycles. The molecule has 0 amide bonds. The Labute approximate surface area is 912 Å². The van der Waals surface area contributed by atoms with Crippen molar-refractivity contribution in [3.05, 3.63) is 22.3 Å². The summed E-state index contributed by atoms with van der Waals surface area (Å²) in [7, 11) is -4.67. The van der Waals surface area contributed by atoms with Gasteiger partial charge in [0.25, 0.3) is 5.95 Å². The van der Waals surface area contributed by atoms with Gasteiger partial charge >= 0.3 is 46.2 Å². The number of alkyl halides is 3. The number of ketones is 4. The van der Waals surface area contributed by atoms with Crippen molar-refractivity contribution in [1.29, 1.82) is 0 Å². The van der Waals surface area contributed by atoms with Crippen LogP contribution in [0, 0.1) is 151 Å². The van der Waals surface area contributed by atoms with Crippen molar-refractivity contribution in [3.8, 4) is 0 Å². The Balaban J connectivity index is 0.000000183. The molecule has 21 rings (SSSR count). The highest BCUT2D eigenvalue weighted by molar-refractivity contribution is 9.93. The summed E-state index contributed by atoms with van der Waals surface area (Å²) in [6, 6.07) is 0. The number of ether oxygens (including phenoxy) is 8. The normalized spacial score (nSPS) is 32.7. The second-order valence-corrected chi connectivity index (χ2v) is 52.1. The first-order valence-corrected chi connectivity index (χ1v) is 64.4. The number of aliphatic hydroxyl groups is 1. The zero-order chi connectivity index (χ0) is 105. The number of hydrogen-bond donors (Lipinski definition) is 7. The third kappa shape index (κ3) is 38.9. The molecule has 828 valence electrons. The lowest BCUT2D eigenvalue weighted by atomic mass is 9.50. The first kappa shape index (κ1) is 124. The molecule has 7 N–H and O–H groups in total. The second kappa shape index (κ2) is 60.4. The molecule has 1 aliphatic heterocycles. The van der Waals surface area contributed by atoms with E-state index in [0.29, 0.717) is 59.4 Å². The van der Waals surface area contributed by atoms with Gasteiger partial charge in [0.2, 0.25) is 0 Å². The molecule has 8 atom stereocenters. The molecule has 20 saturated carbocycles. The lowest BCUT2D eigenvalue weighted by Crippen LogP contribution is -2.48. The van der Waals surface area contributed by atoms with Crippen LogP contribution in [0.5, 0.6) is 0 Å². The maximum atomic E-state index is 12.5. The summed E-state index contributed by atoms with van der Waals surface area (Å²) >= 11 is 18.7. The Kier molecular flexibility index (Phi) is 51.7. The molecule has 0 aromatic heterocycles. The van der Waals surface area contributed by atoms with Gasteiger partial charge in [-0.1, -0.05) is 122 Å². The molecule has 0 aromatic carbocycles. The number of carboxylic acid groups (broad SMARTS) is 4. The van der Waals surface area contributed by atoms with Crippen molar-refractivity contribution in [2.45, 2.75) is 372 Å². The van der Waals surface area contributed by atoms with E-state index in [2.05, 4.69) is 92.0 Å². The number of carboxylic acids is 4. The summed E-state index contributed by atoms with van der Waals surface area (Å²) in [4.78, 5) is 117. The summed E-state index contributed by atoms with van der Waals surface area (Å²) in [5, 5.41) is 47.0. The highest BCUT2D eigenvalue weighted by Gasteiger charge is 2.57. The van der Waals surface area contributed by atoms with Crippen molar-refractivity contribution >= 4 is 161 Å². The molecule has 0 spiro atoms. The van der Waals surface area contributed by atoms with Crippen LogP contribution in [0.2, 0.25) is 0 Å². The number of esters is 2. The van der Waals surface area contributed by atoms with Gasteiger partial charge in [0.05, 0.1) is 80.1 Å². The number of aliphatic carboxylic acids is 4. The molecule has 21 aliphatic rings. The maximum absolute atomic E-state index is 12.5. The Bertz CT molecular complexity index is 4110. The van der Waals surface area contributed by atoms with Crippen molar-refractivity contribution in [2.24, 2.45) is 151 Å². The van der Waals surface area contributed by atoms with Gasteiger partial charge in [0.15, 0.2) is 5.78 Å². The molecule has 20 aliphatic carbocycles. The number of halogens is 6. The summed E-state index contributed by atoms with van der Waals surface area (Å²) in [6.45, 7) is 16.3. The van der Waals surface area contributed by atoms with E-state index >= 15 is 0 Å². The maximum Gasteiger partial charge on any atom is 0.394 e. The monoisotopic (exact) mass is 2440 g/mol. The van der Waals surface area contributed by atoms with Crippen LogP contribution in [0.4, 0.5) is 0 Å². The van der Waals surface area contributed by atoms with E-state index in [1.165, 1.54) is 206 Å². The smallest absolute Gasteiger partial charge is 0.394 e. The highest BCUT2D eigenvalue weighted by atomic mass is 80.9. The lowest BCUT2D eigenvalue weighted by molar-refractivity contribution is -0.163. The minimum atomic E-state index is -4.67. The molecule has 0 aromatic rings. The molecule has 0 saturated heterocycles. The molecule has 0 radical (unpaired) electrons. The van der Waals surface area contributed by atoms with Crippen LogP contribution in [-0.4, -0.2) is 196 Å². The fourth-order valence-electron chi connectivity index (χ4n) is 32.2. The zero-order valence-corrected chi connectivity index (χ0v) is 97.4. The minimum absolute atomic E-state index is 0.00536. The number of Topliss-reactive ketones (excluding diaryl/α,β-unsaturated/α-hetero) is 4. The quantitative estimate of drug-likeness (QED) is 0.00977. The fourth-order valence-corrected chi connectivity index (χ4v) is 35.0. The molecular weight excluding hydrogens is 2280 g/mol. The number of aliphatic hydroxyl groups excluding tert-OH is 1. The zero-order valence-electron chi connectivity index (χ0n) is 87.1. The standard InChI is InChI=1S/C26H42O6.C22H34O6.C21H32Br2O4.C21H30Br2O3.C21H34O4.Br2.H2O4S/c1-4-31-24(28)22(23(18(3)27)25(29)32-5-2)9-7-6-8-10-30-17-26-14-19-11-20(15-26)13-21(12-19)16-26;1-14(23)19(21(26)27)18(20(24)25)5-3-2-4-6-28-13-22-10-15-7-16(11-22)9-17(8-15)12-22;22-12-18(24)19(23)17(20(25)26)4-2-1-3-5-27-13-21-9-14-6-15(10-21)8-16(7-14)11-21;22-12-18-19(23)17(20(24)26-18)4-2-1-3-5-25-13-21-9-14-6-15(10-21)8-16(7-14)11-21;1-15(22)7-19(20(23)24)5-3-2-4-6-25-14-21-11-16-8-17(12-21)10-18(9-16)13-21;1-2;1-5(2,3)4/h19-23H,4-17H2,1-3H3;15-19H,2-13H2,1H3,(H,24,25)(H,26,27);14-17,19H,1-13H2,(H,25,26);12,14-16,19,24H,1-11,13H2;16-19H,2-14H2,1H3,(H,23,24);;(H2,1,2,3,4)/t19?,20?,21?,22-,23+,26?;15?,16?,17?,18-,19-,22?;14?,15?,16?,17-,19+,21?;;16?,17?,18?,19-,21?;;/m100.0../s1. The molecule has 145 heavy (non-hydrogen) atoms. The van der Waals surface area contributed by atoms with Gasteiger partial charge in [-0.2, -0.15) is 8.42 Å². The minimum Gasteiger partial charge on any atom is -0.481 e. The van der Waals surface area contributed by atoms with Crippen LogP contribution in [0.25, 0.3) is 0 Å². The van der Waals surface area contributed by atoms with Gasteiger partial charge in [-0.25, -0.2) is 0 Å². The number of unbranched alkanes of at least 4 members (excludes halogenated alkanes) is 10. The van der Waals surface area contributed by atoms with E-state index in [9.17, 15) is 63.3 Å². The number of carbonyl (C=O) groups excluding carboxylic acids is 6. The van der Waals surface area contributed by atoms with Crippen molar-refractivity contribution in [2.75, 3.05) is 84.6 Å². The highest BCUT2D eigenvalue weighted by Crippen LogP contribution is 2.65.